The lowest BCUT2D eigenvalue weighted by molar-refractivity contribution is 0.108. The van der Waals surface area contributed by atoms with Gasteiger partial charge in [-0.2, -0.15) is 0 Å². The van der Waals surface area contributed by atoms with Crippen molar-refractivity contribution < 1.29 is 4.74 Å². The Labute approximate surface area is 105 Å². The van der Waals surface area contributed by atoms with Crippen LogP contribution in [-0.2, 0) is 4.74 Å². The highest BCUT2D eigenvalue weighted by atomic mass is 32.1. The molecule has 3 heterocycles. The summed E-state index contributed by atoms with van der Waals surface area (Å²) < 4.78 is 6.86. The zero-order valence-corrected chi connectivity index (χ0v) is 10.7. The van der Waals surface area contributed by atoms with E-state index in [1.807, 2.05) is 6.20 Å². The van der Waals surface area contributed by atoms with Crippen LogP contribution in [0.15, 0.2) is 23.7 Å². The van der Waals surface area contributed by atoms with Crippen molar-refractivity contribution >= 4 is 27.2 Å². The van der Waals surface area contributed by atoms with Gasteiger partial charge >= 0.3 is 0 Å². The van der Waals surface area contributed by atoms with Gasteiger partial charge in [-0.15, -0.1) is 11.3 Å². The first kappa shape index (κ1) is 11.0. The molecule has 0 saturated carbocycles. The molecule has 2 unspecified atom stereocenters. The third kappa shape index (κ3) is 2.15. The molecule has 1 fully saturated rings. The van der Waals surface area contributed by atoms with Crippen molar-refractivity contribution in [3.63, 3.8) is 0 Å². The van der Waals surface area contributed by atoms with Gasteiger partial charge in [-0.3, -0.25) is 0 Å². The SMILES string of the molecule is CC1OCCC1CNc1nccc2sccc12. The van der Waals surface area contributed by atoms with Crippen LogP contribution in [0.5, 0.6) is 0 Å². The number of nitrogens with one attached hydrogen (secondary N) is 1. The first-order valence-electron chi connectivity index (χ1n) is 6.02. The van der Waals surface area contributed by atoms with Crippen LogP contribution >= 0.6 is 11.3 Å². The number of rotatable bonds is 3. The van der Waals surface area contributed by atoms with Gasteiger partial charge in [-0.1, -0.05) is 0 Å². The highest BCUT2D eigenvalue weighted by molar-refractivity contribution is 7.17. The molecule has 2 aromatic rings. The molecule has 1 aliphatic heterocycles. The number of pyridine rings is 1. The summed E-state index contributed by atoms with van der Waals surface area (Å²) in [6.45, 7) is 3.99. The lowest BCUT2D eigenvalue weighted by Crippen LogP contribution is -2.21. The largest absolute Gasteiger partial charge is 0.378 e. The summed E-state index contributed by atoms with van der Waals surface area (Å²) in [6, 6.07) is 4.19. The first-order valence-corrected chi connectivity index (χ1v) is 6.90. The first-order chi connectivity index (χ1) is 8.34. The maximum Gasteiger partial charge on any atom is 0.134 e. The van der Waals surface area contributed by atoms with Gasteiger partial charge in [0.2, 0.25) is 0 Å². The van der Waals surface area contributed by atoms with Gasteiger partial charge in [0.25, 0.3) is 0 Å². The van der Waals surface area contributed by atoms with E-state index < -0.39 is 0 Å². The molecule has 17 heavy (non-hydrogen) atoms. The number of hydrogen-bond acceptors (Lipinski definition) is 4. The summed E-state index contributed by atoms with van der Waals surface area (Å²) in [6.07, 6.45) is 3.38. The molecule has 0 aliphatic carbocycles. The van der Waals surface area contributed by atoms with E-state index in [1.165, 1.54) is 10.1 Å². The Morgan fingerprint density at radius 3 is 3.29 bits per heavy atom. The number of nitrogens with zero attached hydrogens (tertiary/aromatic N) is 1. The number of anilines is 1. The zero-order valence-electron chi connectivity index (χ0n) is 9.85. The van der Waals surface area contributed by atoms with Crippen molar-refractivity contribution in [1.29, 1.82) is 0 Å². The molecule has 0 aromatic carbocycles. The number of aromatic nitrogens is 1. The molecule has 3 rings (SSSR count). The Balaban J connectivity index is 1.74. The van der Waals surface area contributed by atoms with Crippen molar-refractivity contribution in [2.75, 3.05) is 18.5 Å². The monoisotopic (exact) mass is 248 g/mol. The molecule has 1 N–H and O–H groups in total. The lowest BCUT2D eigenvalue weighted by atomic mass is 10.0. The minimum absolute atomic E-state index is 0.365. The molecule has 1 aliphatic rings. The summed E-state index contributed by atoms with van der Waals surface area (Å²) in [7, 11) is 0. The quantitative estimate of drug-likeness (QED) is 0.906. The molecule has 0 amide bonds. The van der Waals surface area contributed by atoms with Crippen LogP contribution in [0.1, 0.15) is 13.3 Å². The van der Waals surface area contributed by atoms with Crippen LogP contribution in [0.2, 0.25) is 0 Å². The molecule has 0 bridgehead atoms. The summed E-state index contributed by atoms with van der Waals surface area (Å²) in [4.78, 5) is 4.42. The molecular weight excluding hydrogens is 232 g/mol. The predicted molar refractivity (Wildman–Crippen MR) is 71.6 cm³/mol. The van der Waals surface area contributed by atoms with E-state index in [-0.39, 0.29) is 0 Å². The van der Waals surface area contributed by atoms with Gasteiger partial charge in [-0.05, 0) is 30.9 Å². The fourth-order valence-electron chi connectivity index (χ4n) is 2.31. The van der Waals surface area contributed by atoms with Crippen LogP contribution in [0.25, 0.3) is 10.1 Å². The van der Waals surface area contributed by atoms with E-state index in [0.29, 0.717) is 12.0 Å². The van der Waals surface area contributed by atoms with Crippen molar-refractivity contribution in [2.45, 2.75) is 19.4 Å². The molecule has 3 nitrogen and oxygen atoms in total. The van der Waals surface area contributed by atoms with Crippen molar-refractivity contribution in [3.05, 3.63) is 23.7 Å². The minimum atomic E-state index is 0.365. The second-order valence-corrected chi connectivity index (χ2v) is 5.45. The van der Waals surface area contributed by atoms with Crippen LogP contribution in [0.3, 0.4) is 0 Å². The minimum Gasteiger partial charge on any atom is -0.378 e. The van der Waals surface area contributed by atoms with Gasteiger partial charge in [-0.25, -0.2) is 4.98 Å². The number of hydrogen-bond donors (Lipinski definition) is 1. The van der Waals surface area contributed by atoms with E-state index >= 15 is 0 Å². The molecule has 90 valence electrons. The van der Waals surface area contributed by atoms with Gasteiger partial charge in [0, 0.05) is 35.4 Å². The molecule has 1 saturated heterocycles. The van der Waals surface area contributed by atoms with Crippen LogP contribution in [0, 0.1) is 5.92 Å². The Morgan fingerprint density at radius 2 is 2.47 bits per heavy atom. The van der Waals surface area contributed by atoms with Gasteiger partial charge in [0.05, 0.1) is 6.10 Å². The fraction of sp³-hybridized carbons (Fsp3) is 0.462. The number of fused-ring (bicyclic) bond motifs is 1. The summed E-state index contributed by atoms with van der Waals surface area (Å²) in [5.74, 6) is 1.61. The Kier molecular flexibility index (Phi) is 2.99. The van der Waals surface area contributed by atoms with Gasteiger partial charge < -0.3 is 10.1 Å². The average Bonchev–Trinajstić information content (AvgIpc) is 2.95. The fourth-order valence-corrected chi connectivity index (χ4v) is 3.09. The van der Waals surface area contributed by atoms with Crippen LogP contribution in [0.4, 0.5) is 5.82 Å². The predicted octanol–water partition coefficient (Wildman–Crippen LogP) is 3.13. The van der Waals surface area contributed by atoms with Crippen molar-refractivity contribution in [1.82, 2.24) is 4.98 Å². The standard InChI is InChI=1S/C13H16N2OS/c1-9-10(3-6-16-9)8-15-13-11-4-7-17-12(11)2-5-14-13/h2,4-5,7,9-10H,3,6,8H2,1H3,(H,14,15). The van der Waals surface area contributed by atoms with Gasteiger partial charge in [0.1, 0.15) is 5.82 Å². The van der Waals surface area contributed by atoms with Crippen LogP contribution in [-0.4, -0.2) is 24.2 Å². The Bertz CT molecular complexity index is 511. The average molecular weight is 248 g/mol. The highest BCUT2D eigenvalue weighted by Crippen LogP contribution is 2.27. The zero-order chi connectivity index (χ0) is 11.7. The highest BCUT2D eigenvalue weighted by Gasteiger charge is 2.23. The summed E-state index contributed by atoms with van der Waals surface area (Å²) >= 11 is 1.76. The normalized spacial score (nSPS) is 24.3. The number of ether oxygens (including phenoxy) is 1. The van der Waals surface area contributed by atoms with E-state index in [2.05, 4.69) is 34.7 Å². The molecular formula is C13H16N2OS. The number of thiophene rings is 1. The Hall–Kier alpha value is -1.13. The van der Waals surface area contributed by atoms with E-state index in [9.17, 15) is 0 Å². The second-order valence-electron chi connectivity index (χ2n) is 4.50. The van der Waals surface area contributed by atoms with Crippen molar-refractivity contribution in [3.8, 4) is 0 Å². The van der Waals surface area contributed by atoms with E-state index in [0.717, 1.165) is 25.4 Å². The summed E-state index contributed by atoms with van der Waals surface area (Å²) in [5, 5.41) is 6.80. The molecule has 2 atom stereocenters. The molecule has 0 radical (unpaired) electrons. The third-order valence-corrected chi connectivity index (χ3v) is 4.33. The molecule has 2 aromatic heterocycles. The lowest BCUT2D eigenvalue weighted by Gasteiger charge is -2.15. The third-order valence-electron chi connectivity index (χ3n) is 3.44. The smallest absolute Gasteiger partial charge is 0.134 e. The van der Waals surface area contributed by atoms with E-state index in [1.54, 1.807) is 11.3 Å². The van der Waals surface area contributed by atoms with Crippen LogP contribution < -0.4 is 5.32 Å². The molecule has 4 heteroatoms. The Morgan fingerprint density at radius 1 is 1.53 bits per heavy atom. The van der Waals surface area contributed by atoms with Crippen molar-refractivity contribution in [2.24, 2.45) is 5.92 Å². The van der Waals surface area contributed by atoms with Gasteiger partial charge in [0.15, 0.2) is 0 Å². The van der Waals surface area contributed by atoms with E-state index in [4.69, 9.17) is 4.74 Å². The second kappa shape index (κ2) is 4.63. The maximum atomic E-state index is 5.57. The maximum absolute atomic E-state index is 5.57. The molecule has 0 spiro atoms. The summed E-state index contributed by atoms with van der Waals surface area (Å²) in [5.41, 5.74) is 0. The topological polar surface area (TPSA) is 34.1 Å².